The molecular weight excluding hydrogens is 296 g/mol. The zero-order valence-electron chi connectivity index (χ0n) is 11.6. The van der Waals surface area contributed by atoms with Crippen molar-refractivity contribution in [1.29, 1.82) is 0 Å². The van der Waals surface area contributed by atoms with Crippen LogP contribution in [0.4, 0.5) is 5.69 Å². The number of hydrogen-bond donors (Lipinski definition) is 3. The van der Waals surface area contributed by atoms with E-state index in [0.29, 0.717) is 12.3 Å². The van der Waals surface area contributed by atoms with Crippen LogP contribution in [0.5, 0.6) is 0 Å². The maximum atomic E-state index is 11.3. The molecule has 1 fully saturated rings. The molecule has 0 radical (unpaired) electrons. The lowest BCUT2D eigenvalue weighted by molar-refractivity contribution is 0.00298. The third-order valence-corrected chi connectivity index (χ3v) is 4.32. The number of ether oxygens (including phenoxy) is 1. The van der Waals surface area contributed by atoms with Crippen LogP contribution in [0.1, 0.15) is 30.1 Å². The number of aromatic carboxylic acids is 1. The van der Waals surface area contributed by atoms with Crippen LogP contribution in [-0.2, 0) is 14.8 Å². The minimum absolute atomic E-state index is 0.110. The molecule has 4 N–H and O–H groups in total. The lowest BCUT2D eigenvalue weighted by Crippen LogP contribution is -2.41. The summed E-state index contributed by atoms with van der Waals surface area (Å²) in [5.74, 6) is -1.20. The molecule has 0 spiro atoms. The molecule has 0 saturated heterocycles. The summed E-state index contributed by atoms with van der Waals surface area (Å²) in [4.78, 5) is 11.0. The Bertz CT molecular complexity index is 638. The normalized spacial score (nSPS) is 21.6. The molecule has 116 valence electrons. The Morgan fingerprint density at radius 2 is 2.14 bits per heavy atom. The number of nitrogens with two attached hydrogens (primary N) is 1. The van der Waals surface area contributed by atoms with E-state index in [1.165, 1.54) is 12.1 Å². The largest absolute Gasteiger partial charge is 0.478 e. The molecule has 0 bridgehead atoms. The minimum atomic E-state index is -3.92. The van der Waals surface area contributed by atoms with Gasteiger partial charge in [0.1, 0.15) is 0 Å². The molecule has 0 amide bonds. The zero-order valence-corrected chi connectivity index (χ0v) is 12.4. The maximum absolute atomic E-state index is 11.3. The van der Waals surface area contributed by atoms with E-state index in [9.17, 15) is 18.3 Å². The quantitative estimate of drug-likeness (QED) is 0.721. The van der Waals surface area contributed by atoms with Crippen LogP contribution in [0.3, 0.4) is 0 Å². The summed E-state index contributed by atoms with van der Waals surface area (Å²) < 4.78 is 28.0. The summed E-state index contributed by atoms with van der Waals surface area (Å²) in [7, 11) is -3.92. The van der Waals surface area contributed by atoms with Gasteiger partial charge in [-0.05, 0) is 38.0 Å². The van der Waals surface area contributed by atoms with Gasteiger partial charge in [-0.25, -0.2) is 18.4 Å². The van der Waals surface area contributed by atoms with Crippen molar-refractivity contribution in [1.82, 2.24) is 0 Å². The van der Waals surface area contributed by atoms with E-state index in [0.717, 1.165) is 18.9 Å². The number of carboxylic acids is 1. The average molecular weight is 314 g/mol. The fourth-order valence-electron chi connectivity index (χ4n) is 2.28. The Morgan fingerprint density at radius 1 is 1.48 bits per heavy atom. The monoisotopic (exact) mass is 314 g/mol. The first-order valence-electron chi connectivity index (χ1n) is 6.59. The van der Waals surface area contributed by atoms with Crippen LogP contribution in [0.2, 0.25) is 0 Å². The Balaban J connectivity index is 2.15. The van der Waals surface area contributed by atoms with Crippen LogP contribution in [-0.4, -0.2) is 38.2 Å². The van der Waals surface area contributed by atoms with E-state index in [-0.39, 0.29) is 22.6 Å². The van der Waals surface area contributed by atoms with E-state index in [4.69, 9.17) is 9.88 Å². The number of anilines is 1. The van der Waals surface area contributed by atoms with E-state index in [2.05, 4.69) is 5.32 Å². The summed E-state index contributed by atoms with van der Waals surface area (Å²) in [5.41, 5.74) is 0.274. The van der Waals surface area contributed by atoms with Gasteiger partial charge in [0, 0.05) is 18.3 Å². The average Bonchev–Trinajstić information content (AvgIpc) is 2.35. The zero-order chi connectivity index (χ0) is 15.6. The van der Waals surface area contributed by atoms with E-state index >= 15 is 0 Å². The summed E-state index contributed by atoms with van der Waals surface area (Å²) in [6.07, 6.45) is 1.79. The van der Waals surface area contributed by atoms with Crippen LogP contribution < -0.4 is 10.5 Å². The molecule has 0 aliphatic heterocycles. The number of nitrogens with one attached hydrogen (secondary N) is 1. The van der Waals surface area contributed by atoms with Gasteiger partial charge in [-0.3, -0.25) is 0 Å². The second kappa shape index (κ2) is 6.00. The summed E-state index contributed by atoms with van der Waals surface area (Å²) in [6, 6.07) is 3.92. The molecule has 1 aliphatic rings. The highest BCUT2D eigenvalue weighted by Gasteiger charge is 2.30. The number of carbonyl (C=O) groups is 1. The van der Waals surface area contributed by atoms with Crippen molar-refractivity contribution in [2.45, 2.75) is 36.8 Å². The van der Waals surface area contributed by atoms with E-state index < -0.39 is 16.0 Å². The second-order valence-corrected chi connectivity index (χ2v) is 6.51. The molecule has 0 heterocycles. The lowest BCUT2D eigenvalue weighted by atomic mass is 9.89. The maximum Gasteiger partial charge on any atom is 0.337 e. The van der Waals surface area contributed by atoms with Gasteiger partial charge in [0.2, 0.25) is 10.0 Å². The van der Waals surface area contributed by atoms with Crippen molar-refractivity contribution in [3.8, 4) is 0 Å². The lowest BCUT2D eigenvalue weighted by Gasteiger charge is -2.36. The predicted octanol–water partition coefficient (Wildman–Crippen LogP) is 1.01. The summed E-state index contributed by atoms with van der Waals surface area (Å²) >= 11 is 0. The Labute approximate surface area is 123 Å². The Hall–Kier alpha value is -1.64. The van der Waals surface area contributed by atoms with Crippen LogP contribution >= 0.6 is 0 Å². The number of primary sulfonamides is 1. The van der Waals surface area contributed by atoms with Crippen molar-refractivity contribution >= 4 is 21.7 Å². The summed E-state index contributed by atoms with van der Waals surface area (Å²) in [5, 5.41) is 17.3. The Morgan fingerprint density at radius 3 is 2.67 bits per heavy atom. The molecular formula is C13H18N2O5S. The number of sulfonamides is 1. The molecule has 1 aromatic rings. The standard InChI is InChI=1S/C13H18N2O5S/c1-2-20-9-5-8(6-9)15-12-4-3-10(21(14,18)19)7-11(12)13(16)17/h3-4,7-9,15H,2,5-6H2,1H3,(H,16,17)(H2,14,18,19). The van der Waals surface area contributed by atoms with Gasteiger partial charge in [0.05, 0.1) is 16.6 Å². The first-order chi connectivity index (χ1) is 9.81. The predicted molar refractivity (Wildman–Crippen MR) is 76.8 cm³/mol. The third-order valence-electron chi connectivity index (χ3n) is 3.41. The van der Waals surface area contributed by atoms with Gasteiger partial charge in [0.15, 0.2) is 0 Å². The first kappa shape index (κ1) is 15.7. The van der Waals surface area contributed by atoms with Crippen LogP contribution in [0.15, 0.2) is 23.1 Å². The highest BCUT2D eigenvalue weighted by Crippen LogP contribution is 2.29. The van der Waals surface area contributed by atoms with E-state index in [1.54, 1.807) is 0 Å². The molecule has 7 nitrogen and oxygen atoms in total. The smallest absolute Gasteiger partial charge is 0.337 e. The van der Waals surface area contributed by atoms with Gasteiger partial charge in [-0.15, -0.1) is 0 Å². The summed E-state index contributed by atoms with van der Waals surface area (Å²) in [6.45, 7) is 2.58. The van der Waals surface area contributed by atoms with Crippen LogP contribution in [0.25, 0.3) is 0 Å². The Kier molecular flexibility index (Phi) is 4.50. The first-order valence-corrected chi connectivity index (χ1v) is 8.14. The topological polar surface area (TPSA) is 119 Å². The van der Waals surface area contributed by atoms with Crippen molar-refractivity contribution in [3.63, 3.8) is 0 Å². The fourth-order valence-corrected chi connectivity index (χ4v) is 2.82. The number of carboxylic acid groups (broad SMARTS) is 1. The van der Waals surface area contributed by atoms with E-state index in [1.807, 2.05) is 6.92 Å². The molecule has 1 aromatic carbocycles. The molecule has 2 rings (SSSR count). The highest BCUT2D eigenvalue weighted by molar-refractivity contribution is 7.89. The molecule has 1 aliphatic carbocycles. The van der Waals surface area contributed by atoms with Gasteiger partial charge >= 0.3 is 5.97 Å². The molecule has 0 unspecified atom stereocenters. The van der Waals surface area contributed by atoms with Gasteiger partial charge in [0.25, 0.3) is 0 Å². The molecule has 0 aromatic heterocycles. The molecule has 21 heavy (non-hydrogen) atoms. The van der Waals surface area contributed by atoms with Crippen molar-refractivity contribution in [2.24, 2.45) is 5.14 Å². The van der Waals surface area contributed by atoms with Gasteiger partial charge in [-0.1, -0.05) is 0 Å². The second-order valence-electron chi connectivity index (χ2n) is 4.95. The number of benzene rings is 1. The third kappa shape index (κ3) is 3.72. The molecule has 1 saturated carbocycles. The van der Waals surface area contributed by atoms with Crippen molar-refractivity contribution < 1.29 is 23.1 Å². The molecule has 0 atom stereocenters. The highest BCUT2D eigenvalue weighted by atomic mass is 32.2. The number of hydrogen-bond acceptors (Lipinski definition) is 5. The van der Waals surface area contributed by atoms with Crippen LogP contribution in [0, 0.1) is 0 Å². The molecule has 8 heteroatoms. The van der Waals surface area contributed by atoms with Gasteiger partial charge in [-0.2, -0.15) is 0 Å². The fraction of sp³-hybridized carbons (Fsp3) is 0.462. The minimum Gasteiger partial charge on any atom is -0.478 e. The number of rotatable bonds is 6. The SMILES string of the molecule is CCOC1CC(Nc2ccc(S(N)(=O)=O)cc2C(=O)O)C1. The van der Waals surface area contributed by atoms with Crippen molar-refractivity contribution in [2.75, 3.05) is 11.9 Å². The van der Waals surface area contributed by atoms with Crippen molar-refractivity contribution in [3.05, 3.63) is 23.8 Å². The van der Waals surface area contributed by atoms with Gasteiger partial charge < -0.3 is 15.2 Å².